The van der Waals surface area contributed by atoms with Crippen molar-refractivity contribution in [3.05, 3.63) is 30.1 Å². The maximum absolute atomic E-state index is 11.5. The molecule has 29 heavy (non-hydrogen) atoms. The molecule has 0 spiro atoms. The van der Waals surface area contributed by atoms with Crippen LogP contribution in [-0.4, -0.2) is 80.1 Å². The number of aromatic nitrogens is 2. The van der Waals surface area contributed by atoms with E-state index in [-0.39, 0.29) is 35.5 Å². The number of para-hydroxylation sites is 2. The van der Waals surface area contributed by atoms with Gasteiger partial charge in [0.1, 0.15) is 5.82 Å². The van der Waals surface area contributed by atoms with E-state index >= 15 is 0 Å². The van der Waals surface area contributed by atoms with Crippen molar-refractivity contribution in [1.29, 1.82) is 0 Å². The Hall–Kier alpha value is -1.40. The number of benzene rings is 1. The molecule has 0 atom stereocenters. The summed E-state index contributed by atoms with van der Waals surface area (Å²) in [5.41, 5.74) is 2.21. The fraction of sp³-hybridized carbons (Fsp3) is 0.579. The fourth-order valence-electron chi connectivity index (χ4n) is 3.45. The Morgan fingerprint density at radius 1 is 1.14 bits per heavy atom. The average molecular weight is 534 g/mol. The highest BCUT2D eigenvalue weighted by Gasteiger charge is 2.20. The van der Waals surface area contributed by atoms with Crippen molar-refractivity contribution in [3.63, 3.8) is 0 Å². The molecule has 1 aromatic carbocycles. The quantitative estimate of drug-likeness (QED) is 0.241. The van der Waals surface area contributed by atoms with Gasteiger partial charge in [-0.3, -0.25) is 9.89 Å². The molecule has 0 unspecified atom stereocenters. The Bertz CT molecular complexity index is 914. The van der Waals surface area contributed by atoms with Gasteiger partial charge < -0.3 is 15.2 Å². The summed E-state index contributed by atoms with van der Waals surface area (Å²) in [6.07, 6.45) is 0.964. The molecule has 1 aliphatic rings. The number of nitrogens with one attached hydrogen (secondary N) is 2. The van der Waals surface area contributed by atoms with E-state index in [0.29, 0.717) is 13.1 Å². The van der Waals surface area contributed by atoms with Crippen molar-refractivity contribution in [3.8, 4) is 0 Å². The Morgan fingerprint density at radius 2 is 1.83 bits per heavy atom. The Morgan fingerprint density at radius 3 is 2.55 bits per heavy atom. The van der Waals surface area contributed by atoms with Crippen LogP contribution in [0.25, 0.3) is 11.0 Å². The minimum Gasteiger partial charge on any atom is -0.356 e. The van der Waals surface area contributed by atoms with E-state index in [2.05, 4.69) is 36.1 Å². The zero-order valence-electron chi connectivity index (χ0n) is 17.1. The van der Waals surface area contributed by atoms with Gasteiger partial charge in [-0.1, -0.05) is 12.1 Å². The van der Waals surface area contributed by atoms with Crippen molar-refractivity contribution >= 4 is 50.8 Å². The summed E-state index contributed by atoms with van der Waals surface area (Å²) >= 11 is 0. The molecular weight excluding hydrogens is 503 g/mol. The second-order valence-corrected chi connectivity index (χ2v) is 9.38. The maximum atomic E-state index is 11.5. The van der Waals surface area contributed by atoms with Crippen molar-refractivity contribution < 1.29 is 8.42 Å². The first-order chi connectivity index (χ1) is 13.5. The van der Waals surface area contributed by atoms with Gasteiger partial charge in [0, 0.05) is 46.3 Å². The molecule has 1 aliphatic heterocycles. The van der Waals surface area contributed by atoms with Crippen LogP contribution in [0.2, 0.25) is 0 Å². The summed E-state index contributed by atoms with van der Waals surface area (Å²) in [7, 11) is -1.06. The first-order valence-electron chi connectivity index (χ1n) is 9.78. The number of halogens is 1. The van der Waals surface area contributed by atoms with Gasteiger partial charge in [-0.25, -0.2) is 13.4 Å². The van der Waals surface area contributed by atoms with Gasteiger partial charge in [0.2, 0.25) is 0 Å². The molecule has 2 N–H and O–H groups in total. The summed E-state index contributed by atoms with van der Waals surface area (Å²) in [6.45, 7) is 6.55. The van der Waals surface area contributed by atoms with Crippen LogP contribution < -0.4 is 10.6 Å². The highest BCUT2D eigenvalue weighted by Crippen LogP contribution is 2.15. The number of nitrogens with zero attached hydrogens (tertiary/aromatic N) is 4. The summed E-state index contributed by atoms with van der Waals surface area (Å²) in [5.74, 6) is 2.34. The minimum atomic E-state index is -2.82. The molecule has 0 aliphatic carbocycles. The third-order valence-electron chi connectivity index (χ3n) is 5.08. The molecule has 2 aromatic rings. The molecule has 0 saturated carbocycles. The number of guanidine groups is 1. The first-order valence-corrected chi connectivity index (χ1v) is 11.6. The van der Waals surface area contributed by atoms with Gasteiger partial charge >= 0.3 is 0 Å². The number of sulfone groups is 1. The van der Waals surface area contributed by atoms with E-state index in [9.17, 15) is 8.42 Å². The highest BCUT2D eigenvalue weighted by molar-refractivity contribution is 14.0. The summed E-state index contributed by atoms with van der Waals surface area (Å²) in [5, 5.41) is 6.64. The molecule has 2 heterocycles. The largest absolute Gasteiger partial charge is 0.356 e. The Balaban J connectivity index is 0.00000300. The van der Waals surface area contributed by atoms with Gasteiger partial charge in [0.15, 0.2) is 15.8 Å². The van der Waals surface area contributed by atoms with Gasteiger partial charge in [-0.15, -0.1) is 24.0 Å². The topological polar surface area (TPSA) is 91.6 Å². The number of rotatable bonds is 7. The van der Waals surface area contributed by atoms with Crippen LogP contribution in [0.5, 0.6) is 0 Å². The van der Waals surface area contributed by atoms with Gasteiger partial charge in [0.05, 0.1) is 22.5 Å². The molecule has 8 nitrogen and oxygen atoms in total. The molecule has 1 saturated heterocycles. The fourth-order valence-corrected chi connectivity index (χ4v) is 4.73. The molecule has 10 heteroatoms. The molecule has 1 fully saturated rings. The average Bonchev–Trinajstić information content (AvgIpc) is 3.00. The van der Waals surface area contributed by atoms with E-state index in [1.807, 2.05) is 25.1 Å². The van der Waals surface area contributed by atoms with Crippen LogP contribution in [0, 0.1) is 6.92 Å². The van der Waals surface area contributed by atoms with E-state index < -0.39 is 9.84 Å². The normalized spacial score (nSPS) is 17.1. The molecule has 0 radical (unpaired) electrons. The second kappa shape index (κ2) is 11.1. The number of hydrogen-bond acceptors (Lipinski definition) is 5. The van der Waals surface area contributed by atoms with Crippen LogP contribution in [-0.2, 0) is 16.4 Å². The number of aliphatic imine (C=N–C) groups is 1. The SMILES string of the molecule is CN=C(NCCCn1c(C)nc2ccccc21)NCCN1CCS(=O)(=O)CC1.I. The van der Waals surface area contributed by atoms with Crippen LogP contribution in [0.3, 0.4) is 0 Å². The second-order valence-electron chi connectivity index (χ2n) is 7.07. The standard InChI is InChI=1S/C19H30N6O2S.HI/c1-16-23-17-6-3-4-7-18(17)25(16)10-5-8-21-19(20-2)22-9-11-24-12-14-28(26,27)15-13-24;/h3-4,6-7H,5,8-15H2,1-2H3,(H2,20,21,22);1H. The number of aryl methyl sites for hydroxylation is 2. The monoisotopic (exact) mass is 534 g/mol. The smallest absolute Gasteiger partial charge is 0.191 e. The summed E-state index contributed by atoms with van der Waals surface area (Å²) in [4.78, 5) is 11.0. The molecular formula is C19H31IN6O2S. The number of hydrogen-bond donors (Lipinski definition) is 2. The molecule has 162 valence electrons. The van der Waals surface area contributed by atoms with E-state index in [1.165, 1.54) is 5.52 Å². The predicted octanol–water partition coefficient (Wildman–Crippen LogP) is 1.25. The maximum Gasteiger partial charge on any atom is 0.191 e. The van der Waals surface area contributed by atoms with Crippen LogP contribution >= 0.6 is 24.0 Å². The van der Waals surface area contributed by atoms with Crippen molar-refractivity contribution in [2.24, 2.45) is 4.99 Å². The lowest BCUT2D eigenvalue weighted by atomic mass is 10.3. The lowest BCUT2D eigenvalue weighted by molar-refractivity contribution is 0.299. The van der Waals surface area contributed by atoms with Gasteiger partial charge in [0.25, 0.3) is 0 Å². The van der Waals surface area contributed by atoms with Crippen molar-refractivity contribution in [2.75, 3.05) is 51.3 Å². The van der Waals surface area contributed by atoms with Crippen molar-refractivity contribution in [1.82, 2.24) is 25.1 Å². The first kappa shape index (κ1) is 23.9. The van der Waals surface area contributed by atoms with Gasteiger partial charge in [-0.2, -0.15) is 0 Å². The van der Waals surface area contributed by atoms with E-state index in [4.69, 9.17) is 0 Å². The molecule has 3 rings (SSSR count). The van der Waals surface area contributed by atoms with E-state index in [0.717, 1.165) is 49.9 Å². The molecule has 0 bridgehead atoms. The lowest BCUT2D eigenvalue weighted by Crippen LogP contribution is -2.46. The summed E-state index contributed by atoms with van der Waals surface area (Å²) in [6, 6.07) is 8.20. The van der Waals surface area contributed by atoms with Gasteiger partial charge in [-0.05, 0) is 25.5 Å². The molecule has 0 amide bonds. The lowest BCUT2D eigenvalue weighted by Gasteiger charge is -2.26. The summed E-state index contributed by atoms with van der Waals surface area (Å²) < 4.78 is 25.2. The van der Waals surface area contributed by atoms with Crippen LogP contribution in [0.15, 0.2) is 29.3 Å². The predicted molar refractivity (Wildman–Crippen MR) is 129 cm³/mol. The van der Waals surface area contributed by atoms with E-state index in [1.54, 1.807) is 7.05 Å². The van der Waals surface area contributed by atoms with Crippen LogP contribution in [0.1, 0.15) is 12.2 Å². The Labute approximate surface area is 190 Å². The highest BCUT2D eigenvalue weighted by atomic mass is 127. The number of imidazole rings is 1. The zero-order chi connectivity index (χ0) is 20.0. The zero-order valence-corrected chi connectivity index (χ0v) is 20.2. The third-order valence-corrected chi connectivity index (χ3v) is 6.69. The molecule has 1 aromatic heterocycles. The third kappa shape index (κ3) is 6.82. The Kier molecular flexibility index (Phi) is 9.15. The van der Waals surface area contributed by atoms with Crippen LogP contribution in [0.4, 0.5) is 0 Å². The van der Waals surface area contributed by atoms with Crippen molar-refractivity contribution in [2.45, 2.75) is 19.9 Å². The number of fused-ring (bicyclic) bond motifs is 1. The minimum absolute atomic E-state index is 0.